The van der Waals surface area contributed by atoms with Crippen molar-refractivity contribution >= 4 is 34.7 Å². The Kier molecular flexibility index (Phi) is 4.85. The number of esters is 1. The molecular formula is C18H17NO5S. The highest BCUT2D eigenvalue weighted by atomic mass is 32.1. The molecule has 1 aromatic heterocycles. The van der Waals surface area contributed by atoms with Gasteiger partial charge in [-0.25, -0.2) is 4.79 Å². The number of amides is 1. The first-order valence-corrected chi connectivity index (χ1v) is 8.66. The molecule has 1 N–H and O–H groups in total. The summed E-state index contributed by atoms with van der Waals surface area (Å²) in [5.74, 6) is -0.617. The van der Waals surface area contributed by atoms with E-state index in [1.807, 2.05) is 13.8 Å². The number of ketones is 1. The molecule has 1 aliphatic heterocycles. The number of ether oxygens (including phenoxy) is 2. The lowest BCUT2D eigenvalue weighted by molar-refractivity contribution is -0.118. The first-order valence-electron chi connectivity index (χ1n) is 7.84. The van der Waals surface area contributed by atoms with Crippen molar-refractivity contribution in [2.75, 3.05) is 18.5 Å². The third-order valence-electron chi connectivity index (χ3n) is 3.81. The van der Waals surface area contributed by atoms with Crippen LogP contribution in [0.1, 0.15) is 37.4 Å². The number of thiophene rings is 1. The van der Waals surface area contributed by atoms with Gasteiger partial charge >= 0.3 is 5.97 Å². The first-order chi connectivity index (χ1) is 12.0. The van der Waals surface area contributed by atoms with Crippen molar-refractivity contribution < 1.29 is 23.9 Å². The minimum atomic E-state index is -0.504. The van der Waals surface area contributed by atoms with Crippen LogP contribution in [0.2, 0.25) is 0 Å². The van der Waals surface area contributed by atoms with Gasteiger partial charge in [0.15, 0.2) is 19.0 Å². The Morgan fingerprint density at radius 1 is 1.32 bits per heavy atom. The minimum absolute atomic E-state index is 0.0438. The molecule has 0 atom stereocenters. The van der Waals surface area contributed by atoms with Crippen molar-refractivity contribution in [3.05, 3.63) is 45.1 Å². The normalized spacial score (nSPS) is 12.8. The molecule has 1 aromatic carbocycles. The number of carbonyl (C=O) groups excluding carboxylic acids is 3. The number of rotatable bonds is 5. The number of hydrogen-bond acceptors (Lipinski definition) is 6. The summed E-state index contributed by atoms with van der Waals surface area (Å²) in [5.41, 5.74) is 1.83. The number of nitrogens with one attached hydrogen (secondary N) is 1. The maximum absolute atomic E-state index is 12.2. The molecule has 0 bridgehead atoms. The second kappa shape index (κ2) is 7.06. The molecule has 0 saturated carbocycles. The number of Topliss-reactive ketones (excluding diaryl/α,β-unsaturated/α-hetero) is 1. The van der Waals surface area contributed by atoms with Gasteiger partial charge in [0.1, 0.15) is 10.6 Å². The summed E-state index contributed by atoms with van der Waals surface area (Å²) >= 11 is 1.38. The fourth-order valence-corrected chi connectivity index (χ4v) is 3.52. The van der Waals surface area contributed by atoms with Crippen LogP contribution in [0.5, 0.6) is 5.75 Å². The Labute approximate surface area is 148 Å². The molecule has 7 heteroatoms. The molecular weight excluding hydrogens is 342 g/mol. The quantitative estimate of drug-likeness (QED) is 0.656. The van der Waals surface area contributed by atoms with Gasteiger partial charge in [-0.05, 0) is 43.2 Å². The van der Waals surface area contributed by atoms with Crippen LogP contribution in [0.3, 0.4) is 0 Å². The molecule has 1 aliphatic rings. The van der Waals surface area contributed by atoms with Crippen LogP contribution < -0.4 is 10.1 Å². The van der Waals surface area contributed by atoms with Crippen molar-refractivity contribution in [1.29, 1.82) is 0 Å². The largest absolute Gasteiger partial charge is 0.482 e. The van der Waals surface area contributed by atoms with Crippen LogP contribution in [-0.2, 0) is 16.0 Å². The second-order valence-electron chi connectivity index (χ2n) is 5.62. The van der Waals surface area contributed by atoms with Gasteiger partial charge in [-0.1, -0.05) is 6.92 Å². The Morgan fingerprint density at radius 3 is 2.84 bits per heavy atom. The Morgan fingerprint density at radius 2 is 2.12 bits per heavy atom. The molecule has 0 saturated heterocycles. The average molecular weight is 359 g/mol. The molecule has 2 aromatic rings. The van der Waals surface area contributed by atoms with Gasteiger partial charge in [0.25, 0.3) is 5.91 Å². The smallest absolute Gasteiger partial charge is 0.348 e. The molecule has 0 spiro atoms. The fourth-order valence-electron chi connectivity index (χ4n) is 2.51. The van der Waals surface area contributed by atoms with E-state index in [0.29, 0.717) is 21.9 Å². The highest BCUT2D eigenvalue weighted by molar-refractivity contribution is 7.14. The highest BCUT2D eigenvalue weighted by Gasteiger charge is 2.19. The van der Waals surface area contributed by atoms with Gasteiger partial charge in [-0.2, -0.15) is 0 Å². The summed E-state index contributed by atoms with van der Waals surface area (Å²) in [6, 6.07) is 6.49. The zero-order chi connectivity index (χ0) is 18.0. The number of anilines is 1. The third-order valence-corrected chi connectivity index (χ3v) is 5.17. The zero-order valence-electron chi connectivity index (χ0n) is 13.9. The minimum Gasteiger partial charge on any atom is -0.482 e. The van der Waals surface area contributed by atoms with Crippen LogP contribution in [0.4, 0.5) is 5.69 Å². The number of aryl methyl sites for hydroxylation is 2. The standard InChI is InChI=1S/C18H17NO5S/c1-3-15-10(2)6-16(25-15)18(22)24-8-13(20)11-4-5-14-12(7-11)19-17(21)9-23-14/h4-7H,3,8-9H2,1-2H3,(H,19,21). The summed E-state index contributed by atoms with van der Waals surface area (Å²) in [4.78, 5) is 37.3. The zero-order valence-corrected chi connectivity index (χ0v) is 14.7. The Balaban J connectivity index is 1.65. The molecule has 2 heterocycles. The molecule has 0 unspecified atom stereocenters. The van der Waals surface area contributed by atoms with Gasteiger partial charge in [0.2, 0.25) is 0 Å². The monoisotopic (exact) mass is 359 g/mol. The number of carbonyl (C=O) groups is 3. The molecule has 0 radical (unpaired) electrons. The molecule has 0 fully saturated rings. The van der Waals surface area contributed by atoms with E-state index >= 15 is 0 Å². The SMILES string of the molecule is CCc1sc(C(=O)OCC(=O)c2ccc3c(c2)NC(=O)CO3)cc1C. The van der Waals surface area contributed by atoms with Gasteiger partial charge in [0.05, 0.1) is 5.69 Å². The van der Waals surface area contributed by atoms with E-state index in [2.05, 4.69) is 5.32 Å². The van der Waals surface area contributed by atoms with Crippen molar-refractivity contribution in [3.8, 4) is 5.75 Å². The van der Waals surface area contributed by atoms with E-state index in [1.165, 1.54) is 17.4 Å². The van der Waals surface area contributed by atoms with Crippen LogP contribution in [0.15, 0.2) is 24.3 Å². The first kappa shape index (κ1) is 17.2. The van der Waals surface area contributed by atoms with Crippen LogP contribution >= 0.6 is 11.3 Å². The fraction of sp³-hybridized carbons (Fsp3) is 0.278. The van der Waals surface area contributed by atoms with Crippen molar-refractivity contribution in [2.24, 2.45) is 0 Å². The molecule has 6 nitrogen and oxygen atoms in total. The predicted molar refractivity (Wildman–Crippen MR) is 93.6 cm³/mol. The number of hydrogen-bond donors (Lipinski definition) is 1. The van der Waals surface area contributed by atoms with Crippen LogP contribution in [-0.4, -0.2) is 30.9 Å². The Hall–Kier alpha value is -2.67. The van der Waals surface area contributed by atoms with Crippen LogP contribution in [0.25, 0.3) is 0 Å². The maximum atomic E-state index is 12.2. The molecule has 3 rings (SSSR count). The molecule has 25 heavy (non-hydrogen) atoms. The van der Waals surface area contributed by atoms with E-state index in [9.17, 15) is 14.4 Å². The van der Waals surface area contributed by atoms with E-state index in [1.54, 1.807) is 18.2 Å². The summed E-state index contributed by atoms with van der Waals surface area (Å²) in [6.07, 6.45) is 0.853. The summed E-state index contributed by atoms with van der Waals surface area (Å²) < 4.78 is 10.4. The van der Waals surface area contributed by atoms with Crippen molar-refractivity contribution in [1.82, 2.24) is 0 Å². The predicted octanol–water partition coefficient (Wildman–Crippen LogP) is 2.99. The lowest BCUT2D eigenvalue weighted by Crippen LogP contribution is -2.25. The van der Waals surface area contributed by atoms with Gasteiger partial charge in [0, 0.05) is 10.4 Å². The van der Waals surface area contributed by atoms with E-state index in [4.69, 9.17) is 9.47 Å². The summed E-state index contributed by atoms with van der Waals surface area (Å²) in [6.45, 7) is 3.57. The average Bonchev–Trinajstić information content (AvgIpc) is 2.99. The topological polar surface area (TPSA) is 81.7 Å². The van der Waals surface area contributed by atoms with Gasteiger partial charge < -0.3 is 14.8 Å². The third kappa shape index (κ3) is 3.71. The summed E-state index contributed by atoms with van der Waals surface area (Å²) in [5, 5.41) is 2.64. The molecule has 0 aliphatic carbocycles. The summed E-state index contributed by atoms with van der Waals surface area (Å²) in [7, 11) is 0. The lowest BCUT2D eigenvalue weighted by Gasteiger charge is -2.18. The Bertz CT molecular complexity index is 855. The van der Waals surface area contributed by atoms with E-state index in [-0.39, 0.29) is 24.9 Å². The molecule has 130 valence electrons. The van der Waals surface area contributed by atoms with Crippen molar-refractivity contribution in [2.45, 2.75) is 20.3 Å². The second-order valence-corrected chi connectivity index (χ2v) is 6.75. The van der Waals surface area contributed by atoms with E-state index in [0.717, 1.165) is 16.9 Å². The van der Waals surface area contributed by atoms with Gasteiger partial charge in [-0.15, -0.1) is 11.3 Å². The lowest BCUT2D eigenvalue weighted by atomic mass is 10.1. The van der Waals surface area contributed by atoms with Crippen molar-refractivity contribution in [3.63, 3.8) is 0 Å². The van der Waals surface area contributed by atoms with E-state index < -0.39 is 5.97 Å². The number of fused-ring (bicyclic) bond motifs is 1. The van der Waals surface area contributed by atoms with Gasteiger partial charge in [-0.3, -0.25) is 9.59 Å². The van der Waals surface area contributed by atoms with Crippen LogP contribution in [0, 0.1) is 6.92 Å². The highest BCUT2D eigenvalue weighted by Crippen LogP contribution is 2.28. The maximum Gasteiger partial charge on any atom is 0.348 e. The molecule has 1 amide bonds. The number of benzene rings is 1.